The number of amides is 2. The second-order valence-electron chi connectivity index (χ2n) is 6.70. The third-order valence-corrected chi connectivity index (χ3v) is 4.77. The number of hydrogen-bond donors (Lipinski definition) is 1. The molecule has 0 saturated carbocycles. The van der Waals surface area contributed by atoms with Gasteiger partial charge in [-0.15, -0.1) is 0 Å². The third-order valence-electron chi connectivity index (χ3n) is 4.77. The van der Waals surface area contributed by atoms with E-state index >= 15 is 0 Å². The smallest absolute Gasteiger partial charge is 0.269 e. The van der Waals surface area contributed by atoms with E-state index < -0.39 is 4.92 Å². The highest BCUT2D eigenvalue weighted by Crippen LogP contribution is 2.25. The summed E-state index contributed by atoms with van der Waals surface area (Å²) in [6.45, 7) is 4.25. The number of nitro groups is 1. The van der Waals surface area contributed by atoms with Crippen LogP contribution in [0.5, 0.6) is 0 Å². The van der Waals surface area contributed by atoms with Gasteiger partial charge >= 0.3 is 0 Å². The van der Waals surface area contributed by atoms with Crippen molar-refractivity contribution in [3.63, 3.8) is 0 Å². The minimum absolute atomic E-state index is 0.0416. The van der Waals surface area contributed by atoms with E-state index in [-0.39, 0.29) is 23.5 Å². The van der Waals surface area contributed by atoms with Crippen LogP contribution in [0.25, 0.3) is 0 Å². The predicted molar refractivity (Wildman–Crippen MR) is 102 cm³/mol. The van der Waals surface area contributed by atoms with Crippen LogP contribution in [0, 0.1) is 17.0 Å². The lowest BCUT2D eigenvalue weighted by Gasteiger charge is -2.20. The zero-order chi connectivity index (χ0) is 19.6. The van der Waals surface area contributed by atoms with E-state index in [9.17, 15) is 19.7 Å². The number of carbonyl (C=O) groups excluding carboxylic acids is 2. The first-order chi connectivity index (χ1) is 12.9. The molecule has 1 unspecified atom stereocenters. The molecule has 1 fully saturated rings. The molecule has 140 valence electrons. The van der Waals surface area contributed by atoms with E-state index in [1.165, 1.54) is 18.2 Å². The lowest BCUT2D eigenvalue weighted by atomic mass is 10.0. The number of aryl methyl sites for hydroxylation is 1. The van der Waals surface area contributed by atoms with Gasteiger partial charge in [0.15, 0.2) is 0 Å². The third kappa shape index (κ3) is 3.97. The van der Waals surface area contributed by atoms with Crippen LogP contribution in [-0.2, 0) is 4.79 Å². The summed E-state index contributed by atoms with van der Waals surface area (Å²) in [7, 11) is 0. The fourth-order valence-electron chi connectivity index (χ4n) is 3.26. The Bertz CT molecular complexity index is 910. The normalized spacial score (nSPS) is 14.9. The number of anilines is 1. The number of non-ortho nitro benzene ring substituents is 1. The second kappa shape index (κ2) is 7.57. The maximum Gasteiger partial charge on any atom is 0.269 e. The molecule has 1 aliphatic heterocycles. The number of nitro benzene ring substituents is 1. The Morgan fingerprint density at radius 2 is 2.04 bits per heavy atom. The molecule has 2 amide bonds. The maximum atomic E-state index is 12.6. The van der Waals surface area contributed by atoms with E-state index in [4.69, 9.17) is 0 Å². The van der Waals surface area contributed by atoms with Gasteiger partial charge in [0.05, 0.1) is 11.0 Å². The molecular formula is C20H21N3O4. The zero-order valence-corrected chi connectivity index (χ0v) is 15.3. The van der Waals surface area contributed by atoms with Crippen LogP contribution in [0.4, 0.5) is 11.4 Å². The molecule has 0 aromatic heterocycles. The highest BCUT2D eigenvalue weighted by atomic mass is 16.6. The van der Waals surface area contributed by atoms with Crippen molar-refractivity contribution in [2.24, 2.45) is 0 Å². The van der Waals surface area contributed by atoms with Crippen molar-refractivity contribution in [3.05, 3.63) is 69.3 Å². The van der Waals surface area contributed by atoms with Crippen LogP contribution in [0.1, 0.15) is 47.3 Å². The Morgan fingerprint density at radius 1 is 1.26 bits per heavy atom. The SMILES string of the molecule is Cc1cc([N+](=O)[O-])ccc1C(=O)NC(C)c1cccc(N2CCCC2=O)c1. The van der Waals surface area contributed by atoms with Crippen molar-refractivity contribution in [2.75, 3.05) is 11.4 Å². The van der Waals surface area contributed by atoms with Crippen LogP contribution in [0.3, 0.4) is 0 Å². The largest absolute Gasteiger partial charge is 0.346 e. The van der Waals surface area contributed by atoms with Crippen molar-refractivity contribution in [1.82, 2.24) is 5.32 Å². The summed E-state index contributed by atoms with van der Waals surface area (Å²) in [5.74, 6) is -0.178. The van der Waals surface area contributed by atoms with Crippen molar-refractivity contribution < 1.29 is 14.5 Å². The molecule has 7 heteroatoms. The molecule has 3 rings (SSSR count). The fraction of sp³-hybridized carbons (Fsp3) is 0.300. The summed E-state index contributed by atoms with van der Waals surface area (Å²) in [6, 6.07) is 11.5. The lowest BCUT2D eigenvalue weighted by molar-refractivity contribution is -0.384. The Hall–Kier alpha value is -3.22. The van der Waals surface area contributed by atoms with Crippen molar-refractivity contribution in [1.29, 1.82) is 0 Å². The highest BCUT2D eigenvalue weighted by molar-refractivity contribution is 5.96. The van der Waals surface area contributed by atoms with Gasteiger partial charge in [-0.1, -0.05) is 12.1 Å². The average molecular weight is 367 g/mol. The van der Waals surface area contributed by atoms with Crippen molar-refractivity contribution >= 4 is 23.2 Å². The topological polar surface area (TPSA) is 92.5 Å². The molecule has 1 heterocycles. The number of benzene rings is 2. The van der Waals surface area contributed by atoms with Crippen LogP contribution < -0.4 is 10.2 Å². The first kappa shape index (κ1) is 18.6. The number of hydrogen-bond acceptors (Lipinski definition) is 4. The summed E-state index contributed by atoms with van der Waals surface area (Å²) < 4.78 is 0. The first-order valence-corrected chi connectivity index (χ1v) is 8.83. The van der Waals surface area contributed by atoms with Crippen LogP contribution in [-0.4, -0.2) is 23.3 Å². The lowest BCUT2D eigenvalue weighted by Crippen LogP contribution is -2.28. The van der Waals surface area contributed by atoms with E-state index in [2.05, 4.69) is 5.32 Å². The molecule has 0 radical (unpaired) electrons. The van der Waals surface area contributed by atoms with Gasteiger partial charge in [0.2, 0.25) is 5.91 Å². The maximum absolute atomic E-state index is 12.6. The Kier molecular flexibility index (Phi) is 5.21. The number of nitrogens with one attached hydrogen (secondary N) is 1. The number of rotatable bonds is 5. The monoisotopic (exact) mass is 367 g/mol. The minimum Gasteiger partial charge on any atom is -0.346 e. The molecule has 7 nitrogen and oxygen atoms in total. The standard InChI is InChI=1S/C20H21N3O4/c1-13-11-17(23(26)27)8-9-18(13)20(25)21-14(2)15-5-3-6-16(12-15)22-10-4-7-19(22)24/h3,5-6,8-9,11-12,14H,4,7,10H2,1-2H3,(H,21,25). The molecule has 0 bridgehead atoms. The van der Waals surface area contributed by atoms with Gasteiger partial charge in [-0.3, -0.25) is 19.7 Å². The van der Waals surface area contributed by atoms with Gasteiger partial charge in [0.1, 0.15) is 0 Å². The molecule has 1 N–H and O–H groups in total. The van der Waals surface area contributed by atoms with E-state index in [1.807, 2.05) is 31.2 Å². The summed E-state index contributed by atoms with van der Waals surface area (Å²) >= 11 is 0. The summed E-state index contributed by atoms with van der Waals surface area (Å²) in [6.07, 6.45) is 1.42. The first-order valence-electron chi connectivity index (χ1n) is 8.83. The molecule has 2 aromatic carbocycles. The van der Waals surface area contributed by atoms with E-state index in [0.29, 0.717) is 24.1 Å². The average Bonchev–Trinajstić information content (AvgIpc) is 3.07. The molecule has 1 saturated heterocycles. The molecule has 1 aliphatic rings. The molecule has 2 aromatic rings. The van der Waals surface area contributed by atoms with Gasteiger partial charge in [0, 0.05) is 36.3 Å². The van der Waals surface area contributed by atoms with Crippen LogP contribution in [0.2, 0.25) is 0 Å². The fourth-order valence-corrected chi connectivity index (χ4v) is 3.26. The Morgan fingerprint density at radius 3 is 2.67 bits per heavy atom. The van der Waals surface area contributed by atoms with Crippen LogP contribution >= 0.6 is 0 Å². The van der Waals surface area contributed by atoms with Gasteiger partial charge in [-0.05, 0) is 49.6 Å². The summed E-state index contributed by atoms with van der Waals surface area (Å²) in [5.41, 5.74) is 2.63. The number of carbonyl (C=O) groups is 2. The number of nitrogens with zero attached hydrogens (tertiary/aromatic N) is 2. The van der Waals surface area contributed by atoms with Gasteiger partial charge in [-0.25, -0.2) is 0 Å². The van der Waals surface area contributed by atoms with Gasteiger partial charge in [-0.2, -0.15) is 0 Å². The highest BCUT2D eigenvalue weighted by Gasteiger charge is 2.22. The Labute approximate surface area is 157 Å². The van der Waals surface area contributed by atoms with Crippen molar-refractivity contribution in [3.8, 4) is 0 Å². The van der Waals surface area contributed by atoms with E-state index in [1.54, 1.807) is 11.8 Å². The second-order valence-corrected chi connectivity index (χ2v) is 6.70. The van der Waals surface area contributed by atoms with Gasteiger partial charge in [0.25, 0.3) is 11.6 Å². The minimum atomic E-state index is -0.484. The molecule has 0 aliphatic carbocycles. The molecule has 27 heavy (non-hydrogen) atoms. The quantitative estimate of drug-likeness (QED) is 0.646. The predicted octanol–water partition coefficient (Wildman–Crippen LogP) is 3.52. The molecular weight excluding hydrogens is 346 g/mol. The summed E-state index contributed by atoms with van der Waals surface area (Å²) in [4.78, 5) is 36.6. The van der Waals surface area contributed by atoms with Gasteiger partial charge < -0.3 is 10.2 Å². The molecule has 0 spiro atoms. The van der Waals surface area contributed by atoms with Crippen LogP contribution in [0.15, 0.2) is 42.5 Å². The zero-order valence-electron chi connectivity index (χ0n) is 15.3. The van der Waals surface area contributed by atoms with E-state index in [0.717, 1.165) is 17.7 Å². The summed E-state index contributed by atoms with van der Waals surface area (Å²) in [5, 5.41) is 13.8. The Balaban J connectivity index is 1.75. The molecule has 1 atom stereocenters. The van der Waals surface area contributed by atoms with Crippen molar-refractivity contribution in [2.45, 2.75) is 32.7 Å².